The predicted molar refractivity (Wildman–Crippen MR) is 94.2 cm³/mol. The molecule has 0 atom stereocenters. The van der Waals surface area contributed by atoms with Gasteiger partial charge >= 0.3 is 0 Å². The van der Waals surface area contributed by atoms with Crippen molar-refractivity contribution >= 4 is 17.2 Å². The van der Waals surface area contributed by atoms with E-state index in [-0.39, 0.29) is 0 Å². The van der Waals surface area contributed by atoms with Crippen LogP contribution in [0.25, 0.3) is 10.9 Å². The fourth-order valence-corrected chi connectivity index (χ4v) is 3.92. The molecule has 3 heteroatoms. The molecule has 3 nitrogen and oxygen atoms in total. The molecule has 4 rings (SSSR count). The Labute approximate surface area is 141 Å². The monoisotopic (exact) mass is 314 g/mol. The van der Waals surface area contributed by atoms with E-state index in [1.807, 2.05) is 0 Å². The van der Waals surface area contributed by atoms with Crippen molar-refractivity contribution in [2.24, 2.45) is 0 Å². The van der Waals surface area contributed by atoms with Gasteiger partial charge in [0.1, 0.15) is 6.29 Å². The van der Waals surface area contributed by atoms with Gasteiger partial charge in [0.15, 0.2) is 0 Å². The molecule has 0 amide bonds. The number of carbonyl (C=O) groups is 1. The van der Waals surface area contributed by atoms with Crippen molar-refractivity contribution in [2.75, 3.05) is 0 Å². The first-order valence-corrected chi connectivity index (χ1v) is 8.39. The standard InChI is InChI=1S/C21H18N2O/c22-12-15-6-5-7-16(14-24)19(15)13-23-20-10-3-1-8-17(20)18-9-2-4-11-21(18)23/h1,3,5-8,10,14H,2,4,9,11,13H2. The van der Waals surface area contributed by atoms with E-state index in [0.717, 1.165) is 24.7 Å². The second kappa shape index (κ2) is 5.98. The van der Waals surface area contributed by atoms with E-state index in [4.69, 9.17) is 0 Å². The van der Waals surface area contributed by atoms with Crippen LogP contribution in [0.15, 0.2) is 42.5 Å². The number of carbonyl (C=O) groups excluding carboxylic acids is 1. The summed E-state index contributed by atoms with van der Waals surface area (Å²) in [6.07, 6.45) is 5.46. The first kappa shape index (κ1) is 14.7. The molecular formula is C21H18N2O. The van der Waals surface area contributed by atoms with Gasteiger partial charge in [-0.1, -0.05) is 30.3 Å². The zero-order chi connectivity index (χ0) is 16.5. The number of aromatic nitrogens is 1. The molecule has 1 aliphatic carbocycles. The van der Waals surface area contributed by atoms with Crippen molar-refractivity contribution in [1.29, 1.82) is 5.26 Å². The number of para-hydroxylation sites is 1. The molecule has 0 saturated heterocycles. The third-order valence-electron chi connectivity index (χ3n) is 5.06. The minimum absolute atomic E-state index is 0.577. The van der Waals surface area contributed by atoms with E-state index < -0.39 is 0 Å². The van der Waals surface area contributed by atoms with Crippen LogP contribution in [-0.4, -0.2) is 10.9 Å². The summed E-state index contributed by atoms with van der Waals surface area (Å²) in [7, 11) is 0. The van der Waals surface area contributed by atoms with Crippen LogP contribution in [-0.2, 0) is 19.4 Å². The second-order valence-corrected chi connectivity index (χ2v) is 6.34. The van der Waals surface area contributed by atoms with Crippen LogP contribution in [0.2, 0.25) is 0 Å². The largest absolute Gasteiger partial charge is 0.340 e. The van der Waals surface area contributed by atoms with E-state index in [2.05, 4.69) is 34.9 Å². The summed E-state index contributed by atoms with van der Waals surface area (Å²) in [5.41, 5.74) is 6.03. The van der Waals surface area contributed by atoms with Crippen LogP contribution in [0.4, 0.5) is 0 Å². The molecular weight excluding hydrogens is 296 g/mol. The Morgan fingerprint density at radius 3 is 2.75 bits per heavy atom. The van der Waals surface area contributed by atoms with Crippen LogP contribution in [0.3, 0.4) is 0 Å². The van der Waals surface area contributed by atoms with Crippen LogP contribution < -0.4 is 0 Å². The summed E-state index contributed by atoms with van der Waals surface area (Å²) >= 11 is 0. The number of aryl methyl sites for hydroxylation is 1. The minimum Gasteiger partial charge on any atom is -0.340 e. The number of hydrogen-bond acceptors (Lipinski definition) is 2. The maximum Gasteiger partial charge on any atom is 0.150 e. The second-order valence-electron chi connectivity index (χ2n) is 6.34. The minimum atomic E-state index is 0.577. The van der Waals surface area contributed by atoms with Crippen LogP contribution >= 0.6 is 0 Å². The summed E-state index contributed by atoms with van der Waals surface area (Å²) < 4.78 is 2.31. The Balaban J connectivity index is 1.93. The smallest absolute Gasteiger partial charge is 0.150 e. The maximum absolute atomic E-state index is 11.5. The number of benzene rings is 2. The van der Waals surface area contributed by atoms with Crippen LogP contribution in [0.1, 0.15) is 45.6 Å². The highest BCUT2D eigenvalue weighted by molar-refractivity contribution is 5.86. The summed E-state index contributed by atoms with van der Waals surface area (Å²) in [6.45, 7) is 0.577. The molecule has 0 saturated carbocycles. The number of nitriles is 1. The van der Waals surface area contributed by atoms with E-state index in [9.17, 15) is 10.1 Å². The fourth-order valence-electron chi connectivity index (χ4n) is 3.92. The third kappa shape index (κ3) is 2.23. The Hall–Kier alpha value is -2.86. The molecule has 1 aliphatic rings. The highest BCUT2D eigenvalue weighted by atomic mass is 16.1. The average Bonchev–Trinajstić information content (AvgIpc) is 2.96. The van der Waals surface area contributed by atoms with Gasteiger partial charge in [-0.05, 0) is 43.4 Å². The SMILES string of the molecule is N#Cc1cccc(C=O)c1Cn1c2c(c3ccccc31)CCCC2. The lowest BCUT2D eigenvalue weighted by Gasteiger charge is -2.17. The number of aldehydes is 1. The molecule has 0 radical (unpaired) electrons. The molecule has 0 fully saturated rings. The van der Waals surface area contributed by atoms with E-state index in [1.165, 1.54) is 35.0 Å². The number of nitrogens with zero attached hydrogens (tertiary/aromatic N) is 2. The third-order valence-corrected chi connectivity index (χ3v) is 5.06. The molecule has 0 N–H and O–H groups in total. The molecule has 24 heavy (non-hydrogen) atoms. The summed E-state index contributed by atoms with van der Waals surface area (Å²) in [5.74, 6) is 0. The van der Waals surface area contributed by atoms with Gasteiger partial charge < -0.3 is 4.57 Å². The molecule has 3 aromatic rings. The molecule has 2 aromatic carbocycles. The van der Waals surface area contributed by atoms with E-state index in [0.29, 0.717) is 17.7 Å². The predicted octanol–water partition coefficient (Wildman–Crippen LogP) is 4.25. The number of fused-ring (bicyclic) bond motifs is 3. The van der Waals surface area contributed by atoms with Gasteiger partial charge in [-0.25, -0.2) is 0 Å². The van der Waals surface area contributed by atoms with Gasteiger partial charge in [0.05, 0.1) is 11.6 Å². The van der Waals surface area contributed by atoms with Gasteiger partial charge in [-0.15, -0.1) is 0 Å². The topological polar surface area (TPSA) is 45.8 Å². The zero-order valence-corrected chi connectivity index (χ0v) is 13.5. The Bertz CT molecular complexity index is 975. The summed E-state index contributed by atoms with van der Waals surface area (Å²) in [5, 5.41) is 10.8. The normalized spacial score (nSPS) is 13.5. The van der Waals surface area contributed by atoms with Gasteiger partial charge in [-0.2, -0.15) is 5.26 Å². The van der Waals surface area contributed by atoms with Crippen molar-refractivity contribution in [2.45, 2.75) is 32.2 Å². The molecule has 118 valence electrons. The highest BCUT2D eigenvalue weighted by Crippen LogP contribution is 2.33. The number of hydrogen-bond donors (Lipinski definition) is 0. The molecule has 0 bridgehead atoms. The van der Waals surface area contributed by atoms with Crippen LogP contribution in [0, 0.1) is 11.3 Å². The zero-order valence-electron chi connectivity index (χ0n) is 13.5. The molecule has 0 unspecified atom stereocenters. The van der Waals surface area contributed by atoms with Crippen molar-refractivity contribution < 1.29 is 4.79 Å². The summed E-state index contributed by atoms with van der Waals surface area (Å²) in [4.78, 5) is 11.5. The lowest BCUT2D eigenvalue weighted by Crippen LogP contribution is -2.11. The molecule has 1 heterocycles. The van der Waals surface area contributed by atoms with Crippen molar-refractivity contribution in [1.82, 2.24) is 4.57 Å². The van der Waals surface area contributed by atoms with Gasteiger partial charge in [0, 0.05) is 34.3 Å². The fraction of sp³-hybridized carbons (Fsp3) is 0.238. The average molecular weight is 314 g/mol. The van der Waals surface area contributed by atoms with Crippen molar-refractivity contribution in [3.05, 3.63) is 70.4 Å². The Morgan fingerprint density at radius 2 is 1.92 bits per heavy atom. The lowest BCUT2D eigenvalue weighted by atomic mass is 9.95. The Kier molecular flexibility index (Phi) is 3.66. The quantitative estimate of drug-likeness (QED) is 0.678. The molecule has 1 aromatic heterocycles. The Morgan fingerprint density at radius 1 is 1.08 bits per heavy atom. The maximum atomic E-state index is 11.5. The summed E-state index contributed by atoms with van der Waals surface area (Å²) in [6, 6.07) is 16.1. The highest BCUT2D eigenvalue weighted by Gasteiger charge is 2.21. The van der Waals surface area contributed by atoms with E-state index >= 15 is 0 Å². The first-order chi connectivity index (χ1) is 11.8. The van der Waals surface area contributed by atoms with Crippen LogP contribution in [0.5, 0.6) is 0 Å². The number of rotatable bonds is 3. The van der Waals surface area contributed by atoms with Crippen molar-refractivity contribution in [3.8, 4) is 6.07 Å². The van der Waals surface area contributed by atoms with Gasteiger partial charge in [0.25, 0.3) is 0 Å². The molecule has 0 spiro atoms. The van der Waals surface area contributed by atoms with Crippen molar-refractivity contribution in [3.63, 3.8) is 0 Å². The van der Waals surface area contributed by atoms with Gasteiger partial charge in [-0.3, -0.25) is 4.79 Å². The lowest BCUT2D eigenvalue weighted by molar-refractivity contribution is 0.112. The first-order valence-electron chi connectivity index (χ1n) is 8.39. The van der Waals surface area contributed by atoms with Gasteiger partial charge in [0.2, 0.25) is 0 Å². The molecule has 0 aliphatic heterocycles. The van der Waals surface area contributed by atoms with E-state index in [1.54, 1.807) is 18.2 Å².